The van der Waals surface area contributed by atoms with E-state index in [1.807, 2.05) is 55.6 Å². The number of aryl methyl sites for hydroxylation is 1. The third-order valence-corrected chi connectivity index (χ3v) is 4.17. The molecule has 3 aromatic heterocycles. The van der Waals surface area contributed by atoms with E-state index in [-0.39, 0.29) is 0 Å². The second-order valence-electron chi connectivity index (χ2n) is 5.85. The van der Waals surface area contributed by atoms with Gasteiger partial charge in [0.15, 0.2) is 0 Å². The van der Waals surface area contributed by atoms with Gasteiger partial charge in [0.2, 0.25) is 0 Å². The van der Waals surface area contributed by atoms with Gasteiger partial charge in [-0.1, -0.05) is 12.1 Å². The number of nitrogens with zero attached hydrogens (tertiary/aromatic N) is 2. The van der Waals surface area contributed by atoms with Gasteiger partial charge in [0.05, 0.1) is 11.4 Å². The van der Waals surface area contributed by atoms with Crippen molar-refractivity contribution in [2.75, 3.05) is 5.32 Å². The van der Waals surface area contributed by atoms with Crippen LogP contribution in [-0.2, 0) is 0 Å². The minimum absolute atomic E-state index is 0.641. The van der Waals surface area contributed by atoms with Crippen LogP contribution in [0.4, 0.5) is 11.4 Å². The van der Waals surface area contributed by atoms with Crippen LogP contribution in [0, 0.1) is 6.92 Å². The minimum Gasteiger partial charge on any atom is -0.355 e. The molecule has 0 saturated carbocycles. The monoisotopic (exact) mass is 328 g/mol. The molecule has 0 aliphatic heterocycles. The summed E-state index contributed by atoms with van der Waals surface area (Å²) in [4.78, 5) is 23.0. The van der Waals surface area contributed by atoms with E-state index >= 15 is 0 Å². The summed E-state index contributed by atoms with van der Waals surface area (Å²) in [5.74, 6) is 0. The number of carbonyl (C=O) groups is 1. The highest BCUT2D eigenvalue weighted by Gasteiger charge is 2.10. The van der Waals surface area contributed by atoms with Crippen LogP contribution >= 0.6 is 0 Å². The van der Waals surface area contributed by atoms with E-state index in [1.54, 1.807) is 12.4 Å². The van der Waals surface area contributed by atoms with Gasteiger partial charge in [0.25, 0.3) is 0 Å². The summed E-state index contributed by atoms with van der Waals surface area (Å²) in [6.45, 7) is 2.01. The van der Waals surface area contributed by atoms with Crippen LogP contribution in [0.5, 0.6) is 0 Å². The highest BCUT2D eigenvalue weighted by atomic mass is 16.1. The molecular formula is C20H16N4O. The number of anilines is 2. The van der Waals surface area contributed by atoms with Gasteiger partial charge in [-0.05, 0) is 42.8 Å². The molecule has 4 aromatic rings. The molecule has 0 aliphatic carbocycles. The number of aldehydes is 1. The molecule has 122 valence electrons. The Bertz CT molecular complexity index is 1050. The van der Waals surface area contributed by atoms with E-state index in [9.17, 15) is 4.79 Å². The molecule has 0 fully saturated rings. The van der Waals surface area contributed by atoms with Crippen molar-refractivity contribution in [3.63, 3.8) is 0 Å². The van der Waals surface area contributed by atoms with Gasteiger partial charge in [-0.3, -0.25) is 9.78 Å². The fourth-order valence-electron chi connectivity index (χ4n) is 2.80. The SMILES string of the molecule is Cc1ccc(C=O)cc1Nc1cc(-c2ccncc2)nc2[nH]ccc12. The lowest BCUT2D eigenvalue weighted by Crippen LogP contribution is -1.97. The number of hydrogen-bond donors (Lipinski definition) is 2. The molecular weight excluding hydrogens is 312 g/mol. The third-order valence-electron chi connectivity index (χ3n) is 4.17. The predicted molar refractivity (Wildman–Crippen MR) is 99.2 cm³/mol. The third kappa shape index (κ3) is 2.87. The normalized spacial score (nSPS) is 10.8. The topological polar surface area (TPSA) is 70.7 Å². The Kier molecular flexibility index (Phi) is 3.74. The maximum atomic E-state index is 11.1. The Morgan fingerprint density at radius 2 is 1.88 bits per heavy atom. The van der Waals surface area contributed by atoms with Crippen molar-refractivity contribution >= 4 is 28.7 Å². The van der Waals surface area contributed by atoms with Crippen molar-refractivity contribution in [2.24, 2.45) is 0 Å². The second kappa shape index (κ2) is 6.20. The van der Waals surface area contributed by atoms with E-state index in [1.165, 1.54) is 0 Å². The summed E-state index contributed by atoms with van der Waals surface area (Å²) in [5.41, 5.74) is 6.19. The first-order valence-corrected chi connectivity index (χ1v) is 7.96. The van der Waals surface area contributed by atoms with Gasteiger partial charge in [0.1, 0.15) is 11.9 Å². The first-order valence-electron chi connectivity index (χ1n) is 7.96. The smallest absolute Gasteiger partial charge is 0.150 e. The van der Waals surface area contributed by atoms with Crippen molar-refractivity contribution in [3.05, 3.63) is 72.2 Å². The number of rotatable bonds is 4. The summed E-state index contributed by atoms with van der Waals surface area (Å²) in [6.07, 6.45) is 6.22. The molecule has 0 bridgehead atoms. The Balaban J connectivity index is 1.84. The van der Waals surface area contributed by atoms with Gasteiger partial charge in [-0.25, -0.2) is 4.98 Å². The zero-order valence-corrected chi connectivity index (χ0v) is 13.7. The number of aromatic amines is 1. The summed E-state index contributed by atoms with van der Waals surface area (Å²) >= 11 is 0. The van der Waals surface area contributed by atoms with E-state index in [0.29, 0.717) is 5.56 Å². The molecule has 4 rings (SSSR count). The van der Waals surface area contributed by atoms with Gasteiger partial charge in [-0.15, -0.1) is 0 Å². The minimum atomic E-state index is 0.641. The fraction of sp³-hybridized carbons (Fsp3) is 0.0500. The highest BCUT2D eigenvalue weighted by molar-refractivity contribution is 5.94. The maximum Gasteiger partial charge on any atom is 0.150 e. The summed E-state index contributed by atoms with van der Waals surface area (Å²) in [6, 6.07) is 13.5. The average Bonchev–Trinajstić information content (AvgIpc) is 3.13. The van der Waals surface area contributed by atoms with Crippen LogP contribution in [0.25, 0.3) is 22.3 Å². The van der Waals surface area contributed by atoms with E-state index < -0.39 is 0 Å². The molecule has 0 saturated heterocycles. The zero-order valence-electron chi connectivity index (χ0n) is 13.7. The van der Waals surface area contributed by atoms with Gasteiger partial charge < -0.3 is 10.3 Å². The molecule has 0 unspecified atom stereocenters. The van der Waals surface area contributed by atoms with Gasteiger partial charge >= 0.3 is 0 Å². The molecule has 0 radical (unpaired) electrons. The van der Waals surface area contributed by atoms with Crippen LogP contribution in [0.1, 0.15) is 15.9 Å². The van der Waals surface area contributed by atoms with Crippen LogP contribution in [0.3, 0.4) is 0 Å². The van der Waals surface area contributed by atoms with Crippen molar-refractivity contribution in [2.45, 2.75) is 6.92 Å². The lowest BCUT2D eigenvalue weighted by Gasteiger charge is -2.13. The zero-order chi connectivity index (χ0) is 17.2. The highest BCUT2D eigenvalue weighted by Crippen LogP contribution is 2.31. The summed E-state index contributed by atoms with van der Waals surface area (Å²) in [5, 5.41) is 4.45. The molecule has 0 spiro atoms. The summed E-state index contributed by atoms with van der Waals surface area (Å²) < 4.78 is 0. The Hall–Kier alpha value is -3.47. The van der Waals surface area contributed by atoms with E-state index in [4.69, 9.17) is 0 Å². The number of aromatic nitrogens is 3. The molecule has 25 heavy (non-hydrogen) atoms. The quantitative estimate of drug-likeness (QED) is 0.542. The number of hydrogen-bond acceptors (Lipinski definition) is 4. The first kappa shape index (κ1) is 15.1. The molecule has 5 nitrogen and oxygen atoms in total. The maximum absolute atomic E-state index is 11.1. The van der Waals surface area contributed by atoms with Crippen molar-refractivity contribution in [3.8, 4) is 11.3 Å². The summed E-state index contributed by atoms with van der Waals surface area (Å²) in [7, 11) is 0. The average molecular weight is 328 g/mol. The van der Waals surface area contributed by atoms with Crippen molar-refractivity contribution in [1.82, 2.24) is 15.0 Å². The van der Waals surface area contributed by atoms with Gasteiger partial charge in [0, 0.05) is 40.8 Å². The predicted octanol–water partition coefficient (Wildman–Crippen LogP) is 4.49. The van der Waals surface area contributed by atoms with Crippen LogP contribution in [0.2, 0.25) is 0 Å². The van der Waals surface area contributed by atoms with Crippen molar-refractivity contribution in [1.29, 1.82) is 0 Å². The Labute approximate surface area is 144 Å². The number of nitrogens with one attached hydrogen (secondary N) is 2. The number of pyridine rings is 2. The largest absolute Gasteiger partial charge is 0.355 e. The fourth-order valence-corrected chi connectivity index (χ4v) is 2.80. The number of fused-ring (bicyclic) bond motifs is 1. The molecule has 0 atom stereocenters. The number of benzene rings is 1. The number of H-pyrrole nitrogens is 1. The molecule has 5 heteroatoms. The van der Waals surface area contributed by atoms with E-state index in [2.05, 4.69) is 20.3 Å². The standard InChI is InChI=1S/C20H16N4O/c1-13-2-3-14(12-25)10-17(13)23-19-11-18(15-4-7-21-8-5-15)24-20-16(19)6-9-22-20/h2-12H,1H3,(H2,22,23,24). The Morgan fingerprint density at radius 1 is 1.04 bits per heavy atom. The molecule has 2 N–H and O–H groups in total. The number of carbonyl (C=O) groups excluding carboxylic acids is 1. The lowest BCUT2D eigenvalue weighted by molar-refractivity contribution is 0.112. The Morgan fingerprint density at radius 3 is 2.68 bits per heavy atom. The molecule has 3 heterocycles. The van der Waals surface area contributed by atoms with Gasteiger partial charge in [-0.2, -0.15) is 0 Å². The van der Waals surface area contributed by atoms with Crippen molar-refractivity contribution < 1.29 is 4.79 Å². The van der Waals surface area contributed by atoms with Crippen LogP contribution < -0.4 is 5.32 Å². The lowest BCUT2D eigenvalue weighted by atomic mass is 10.1. The van der Waals surface area contributed by atoms with Crippen LogP contribution in [-0.4, -0.2) is 21.2 Å². The van der Waals surface area contributed by atoms with E-state index in [0.717, 1.165) is 45.5 Å². The molecule has 0 amide bonds. The molecule has 0 aliphatic rings. The second-order valence-corrected chi connectivity index (χ2v) is 5.85. The van der Waals surface area contributed by atoms with Crippen LogP contribution in [0.15, 0.2) is 61.1 Å². The molecule has 1 aromatic carbocycles. The first-order chi connectivity index (χ1) is 12.2.